The maximum Gasteiger partial charge on any atom is 0.437 e. The van der Waals surface area contributed by atoms with Gasteiger partial charge in [-0.15, -0.1) is 0 Å². The lowest BCUT2D eigenvalue weighted by molar-refractivity contribution is -0.142. The lowest BCUT2D eigenvalue weighted by atomic mass is 10.3. The fraction of sp³-hybridized carbons (Fsp3) is 0.353. The first-order chi connectivity index (χ1) is 12.8. The zero-order valence-electron chi connectivity index (χ0n) is 14.0. The first kappa shape index (κ1) is 19.4. The van der Waals surface area contributed by atoms with Crippen LogP contribution in [0.2, 0.25) is 0 Å². The maximum absolute atomic E-state index is 13.3. The standard InChI is InChI=1S/C17H16BrF3N4O2/c18-10-4-3-7-12(8-10)23-15-22-9-13(14(25-15)17(19,20)21)27-16(26)24-11-5-1-2-6-11/h3-4,7-9,11H,1-2,5-6H2,(H,24,26)(H,22,23,25). The molecule has 1 aromatic carbocycles. The van der Waals surface area contributed by atoms with Crippen molar-refractivity contribution >= 4 is 33.7 Å². The number of carbonyl (C=O) groups is 1. The predicted octanol–water partition coefficient (Wildman–Crippen LogP) is 5.03. The SMILES string of the molecule is O=C(NC1CCCC1)Oc1cnc(Nc2cccc(Br)c2)nc1C(F)(F)F. The van der Waals surface area contributed by atoms with E-state index in [1.54, 1.807) is 24.3 Å². The van der Waals surface area contributed by atoms with E-state index < -0.39 is 23.7 Å². The van der Waals surface area contributed by atoms with Gasteiger partial charge in [0.05, 0.1) is 6.20 Å². The smallest absolute Gasteiger partial charge is 0.406 e. The van der Waals surface area contributed by atoms with Crippen molar-refractivity contribution in [2.75, 3.05) is 5.32 Å². The first-order valence-electron chi connectivity index (χ1n) is 8.26. The van der Waals surface area contributed by atoms with Gasteiger partial charge in [-0.1, -0.05) is 34.8 Å². The van der Waals surface area contributed by atoms with Gasteiger partial charge in [0.25, 0.3) is 0 Å². The van der Waals surface area contributed by atoms with E-state index in [2.05, 4.69) is 36.5 Å². The molecule has 0 atom stereocenters. The van der Waals surface area contributed by atoms with Gasteiger partial charge in [0, 0.05) is 16.2 Å². The number of rotatable bonds is 4. The number of halogens is 4. The van der Waals surface area contributed by atoms with Crippen LogP contribution in [0.5, 0.6) is 5.75 Å². The van der Waals surface area contributed by atoms with Crippen molar-refractivity contribution < 1.29 is 22.7 Å². The Hall–Kier alpha value is -2.36. The van der Waals surface area contributed by atoms with Crippen molar-refractivity contribution in [3.8, 4) is 5.75 Å². The lowest BCUT2D eigenvalue weighted by Gasteiger charge is -2.15. The summed E-state index contributed by atoms with van der Waals surface area (Å²) in [6.45, 7) is 0. The Labute approximate surface area is 161 Å². The third-order valence-electron chi connectivity index (χ3n) is 3.98. The van der Waals surface area contributed by atoms with Gasteiger partial charge >= 0.3 is 12.3 Å². The largest absolute Gasteiger partial charge is 0.437 e. The molecule has 0 saturated heterocycles. The van der Waals surface area contributed by atoms with E-state index in [0.29, 0.717) is 5.69 Å². The monoisotopic (exact) mass is 444 g/mol. The van der Waals surface area contributed by atoms with Gasteiger partial charge in [0.1, 0.15) is 0 Å². The maximum atomic E-state index is 13.3. The molecule has 6 nitrogen and oxygen atoms in total. The van der Waals surface area contributed by atoms with Crippen molar-refractivity contribution in [1.82, 2.24) is 15.3 Å². The van der Waals surface area contributed by atoms with E-state index in [1.165, 1.54) is 0 Å². The van der Waals surface area contributed by atoms with Crippen LogP contribution in [0.1, 0.15) is 31.4 Å². The van der Waals surface area contributed by atoms with Crippen molar-refractivity contribution in [2.24, 2.45) is 0 Å². The summed E-state index contributed by atoms with van der Waals surface area (Å²) in [4.78, 5) is 19.2. The molecule has 3 rings (SSSR count). The van der Waals surface area contributed by atoms with Crippen LogP contribution in [0.25, 0.3) is 0 Å². The molecule has 0 radical (unpaired) electrons. The molecular formula is C17H16BrF3N4O2. The topological polar surface area (TPSA) is 76.1 Å². The van der Waals surface area contributed by atoms with Crippen LogP contribution < -0.4 is 15.4 Å². The minimum absolute atomic E-state index is 0.0785. The molecule has 1 amide bonds. The van der Waals surface area contributed by atoms with E-state index in [1.807, 2.05) is 0 Å². The summed E-state index contributed by atoms with van der Waals surface area (Å²) in [5, 5.41) is 5.25. The molecular weight excluding hydrogens is 429 g/mol. The van der Waals surface area contributed by atoms with E-state index >= 15 is 0 Å². The van der Waals surface area contributed by atoms with E-state index in [-0.39, 0.29) is 12.0 Å². The Morgan fingerprint density at radius 1 is 1.26 bits per heavy atom. The van der Waals surface area contributed by atoms with Crippen LogP contribution >= 0.6 is 15.9 Å². The summed E-state index contributed by atoms with van der Waals surface area (Å²) in [7, 11) is 0. The van der Waals surface area contributed by atoms with Gasteiger partial charge in [-0.05, 0) is 31.0 Å². The fourth-order valence-electron chi connectivity index (χ4n) is 2.77. The van der Waals surface area contributed by atoms with Crippen molar-refractivity contribution in [3.63, 3.8) is 0 Å². The Morgan fingerprint density at radius 2 is 2.00 bits per heavy atom. The van der Waals surface area contributed by atoms with Crippen LogP contribution in [-0.4, -0.2) is 22.1 Å². The van der Waals surface area contributed by atoms with Gasteiger partial charge in [-0.3, -0.25) is 0 Å². The van der Waals surface area contributed by atoms with Crippen molar-refractivity contribution in [3.05, 3.63) is 40.6 Å². The van der Waals surface area contributed by atoms with E-state index in [0.717, 1.165) is 36.4 Å². The fourth-order valence-corrected chi connectivity index (χ4v) is 3.17. The molecule has 2 N–H and O–H groups in total. The van der Waals surface area contributed by atoms with Crippen LogP contribution in [-0.2, 0) is 6.18 Å². The molecule has 0 aliphatic heterocycles. The highest BCUT2D eigenvalue weighted by atomic mass is 79.9. The molecule has 1 aliphatic carbocycles. The molecule has 144 valence electrons. The normalized spacial score (nSPS) is 14.8. The molecule has 1 fully saturated rings. The number of alkyl halides is 3. The van der Waals surface area contributed by atoms with E-state index in [4.69, 9.17) is 4.74 Å². The summed E-state index contributed by atoms with van der Waals surface area (Å²) >= 11 is 3.27. The third-order valence-corrected chi connectivity index (χ3v) is 4.48. The molecule has 0 unspecified atom stereocenters. The second-order valence-electron chi connectivity index (χ2n) is 6.05. The quantitative estimate of drug-likeness (QED) is 0.691. The second-order valence-corrected chi connectivity index (χ2v) is 6.97. The molecule has 1 heterocycles. The number of hydrogen-bond donors (Lipinski definition) is 2. The number of amides is 1. The van der Waals surface area contributed by atoms with Gasteiger partial charge < -0.3 is 15.4 Å². The number of nitrogens with zero attached hydrogens (tertiary/aromatic N) is 2. The summed E-state index contributed by atoms with van der Waals surface area (Å²) < 4.78 is 45.6. The van der Waals surface area contributed by atoms with E-state index in [9.17, 15) is 18.0 Å². The molecule has 0 spiro atoms. The zero-order valence-corrected chi connectivity index (χ0v) is 15.6. The zero-order chi connectivity index (χ0) is 19.4. The van der Waals surface area contributed by atoms with Gasteiger partial charge in [-0.25, -0.2) is 14.8 Å². The third kappa shape index (κ3) is 5.31. The summed E-state index contributed by atoms with van der Waals surface area (Å²) in [5.74, 6) is -0.998. The molecule has 0 bridgehead atoms. The minimum atomic E-state index is -4.81. The summed E-state index contributed by atoms with van der Waals surface area (Å²) in [6.07, 6.45) is -1.40. The summed E-state index contributed by atoms with van der Waals surface area (Å²) in [5.41, 5.74) is -0.818. The molecule has 1 saturated carbocycles. The number of ether oxygens (including phenoxy) is 1. The number of hydrogen-bond acceptors (Lipinski definition) is 5. The van der Waals surface area contributed by atoms with Gasteiger partial charge in [-0.2, -0.15) is 13.2 Å². The second kappa shape index (κ2) is 8.12. The van der Waals surface area contributed by atoms with Crippen LogP contribution in [0, 0.1) is 0 Å². The van der Waals surface area contributed by atoms with Crippen molar-refractivity contribution in [2.45, 2.75) is 37.9 Å². The molecule has 1 aliphatic rings. The van der Waals surface area contributed by atoms with Crippen LogP contribution in [0.15, 0.2) is 34.9 Å². The first-order valence-corrected chi connectivity index (χ1v) is 9.06. The Kier molecular flexibility index (Phi) is 5.83. The van der Waals surface area contributed by atoms with Crippen LogP contribution in [0.3, 0.4) is 0 Å². The molecule has 27 heavy (non-hydrogen) atoms. The number of benzene rings is 1. The predicted molar refractivity (Wildman–Crippen MR) is 95.9 cm³/mol. The number of anilines is 2. The molecule has 1 aromatic heterocycles. The average Bonchev–Trinajstić information content (AvgIpc) is 3.08. The lowest BCUT2D eigenvalue weighted by Crippen LogP contribution is -2.35. The Balaban J connectivity index is 1.78. The Morgan fingerprint density at radius 3 is 2.67 bits per heavy atom. The van der Waals surface area contributed by atoms with Crippen LogP contribution in [0.4, 0.5) is 29.6 Å². The van der Waals surface area contributed by atoms with Gasteiger partial charge in [0.2, 0.25) is 5.95 Å². The van der Waals surface area contributed by atoms with Crippen molar-refractivity contribution in [1.29, 1.82) is 0 Å². The minimum Gasteiger partial charge on any atom is -0.406 e. The average molecular weight is 445 g/mol. The molecule has 10 heteroatoms. The van der Waals surface area contributed by atoms with Gasteiger partial charge in [0.15, 0.2) is 11.4 Å². The number of carbonyl (C=O) groups excluding carboxylic acids is 1. The number of aromatic nitrogens is 2. The highest BCUT2D eigenvalue weighted by molar-refractivity contribution is 9.10. The highest BCUT2D eigenvalue weighted by Crippen LogP contribution is 2.35. The molecule has 2 aromatic rings. The number of nitrogens with one attached hydrogen (secondary N) is 2. The highest BCUT2D eigenvalue weighted by Gasteiger charge is 2.38. The Bertz CT molecular complexity index is 826. The summed E-state index contributed by atoms with van der Waals surface area (Å²) in [6, 6.07) is 6.72.